The minimum absolute atomic E-state index is 0.136. The molecule has 2 amide bonds. The summed E-state index contributed by atoms with van der Waals surface area (Å²) in [6.45, 7) is 0.0213. The Morgan fingerprint density at radius 1 is 1.42 bits per heavy atom. The quantitative estimate of drug-likeness (QED) is 0.723. The number of nitrogens with one attached hydrogen (secondary N) is 2. The average molecular weight is 264 g/mol. The number of hydrogen-bond acceptors (Lipinski definition) is 4. The van der Waals surface area contributed by atoms with E-state index in [1.54, 1.807) is 0 Å². The maximum absolute atomic E-state index is 11.5. The number of rotatable bonds is 4. The van der Waals surface area contributed by atoms with E-state index in [1.165, 1.54) is 0 Å². The second kappa shape index (κ2) is 6.19. The lowest BCUT2D eigenvalue weighted by molar-refractivity contribution is -0.121. The number of hydrogen-bond donors (Lipinski definition) is 3. The fourth-order valence-electron chi connectivity index (χ4n) is 1.90. The number of carbonyl (C=O) groups excluding carboxylic acids is 2. The van der Waals surface area contributed by atoms with E-state index in [1.807, 2.05) is 30.3 Å². The number of amides is 2. The maximum atomic E-state index is 11.5. The zero-order valence-electron chi connectivity index (χ0n) is 10.3. The molecule has 3 N–H and O–H groups in total. The van der Waals surface area contributed by atoms with Gasteiger partial charge in [0.25, 0.3) is 0 Å². The van der Waals surface area contributed by atoms with Crippen molar-refractivity contribution in [2.45, 2.75) is 25.1 Å². The van der Waals surface area contributed by atoms with Gasteiger partial charge < -0.3 is 20.5 Å². The van der Waals surface area contributed by atoms with E-state index < -0.39 is 12.1 Å². The van der Waals surface area contributed by atoms with Gasteiger partial charge in [-0.15, -0.1) is 0 Å². The maximum Gasteiger partial charge on any atom is 0.408 e. The van der Waals surface area contributed by atoms with E-state index in [-0.39, 0.29) is 25.2 Å². The van der Waals surface area contributed by atoms with Gasteiger partial charge in [-0.1, -0.05) is 30.3 Å². The highest BCUT2D eigenvalue weighted by Gasteiger charge is 2.32. The van der Waals surface area contributed by atoms with Crippen LogP contribution >= 0.6 is 0 Å². The molecule has 1 aliphatic rings. The van der Waals surface area contributed by atoms with Crippen LogP contribution in [0.25, 0.3) is 0 Å². The summed E-state index contributed by atoms with van der Waals surface area (Å²) in [5.74, 6) is -0.296. The molecule has 19 heavy (non-hydrogen) atoms. The fourth-order valence-corrected chi connectivity index (χ4v) is 1.90. The van der Waals surface area contributed by atoms with Crippen LogP contribution in [-0.4, -0.2) is 35.8 Å². The molecule has 0 spiro atoms. The van der Waals surface area contributed by atoms with Gasteiger partial charge in [0.2, 0.25) is 5.91 Å². The molecule has 1 saturated heterocycles. The minimum atomic E-state index is -0.638. The third-order valence-corrected chi connectivity index (χ3v) is 2.91. The van der Waals surface area contributed by atoms with Gasteiger partial charge in [0.05, 0.1) is 12.6 Å². The monoisotopic (exact) mass is 264 g/mol. The van der Waals surface area contributed by atoms with Crippen molar-refractivity contribution in [3.8, 4) is 0 Å². The topological polar surface area (TPSA) is 87.7 Å². The molecule has 1 aromatic carbocycles. The van der Waals surface area contributed by atoms with Crippen LogP contribution in [-0.2, 0) is 16.1 Å². The van der Waals surface area contributed by atoms with Crippen molar-refractivity contribution in [2.75, 3.05) is 6.61 Å². The molecule has 102 valence electrons. The van der Waals surface area contributed by atoms with Crippen LogP contribution in [0.4, 0.5) is 4.79 Å². The van der Waals surface area contributed by atoms with Gasteiger partial charge in [-0.3, -0.25) is 4.79 Å². The summed E-state index contributed by atoms with van der Waals surface area (Å²) in [7, 11) is 0. The second-order valence-corrected chi connectivity index (χ2v) is 4.38. The molecule has 0 saturated carbocycles. The predicted molar refractivity (Wildman–Crippen MR) is 67.2 cm³/mol. The molecule has 0 aliphatic carbocycles. The second-order valence-electron chi connectivity index (χ2n) is 4.38. The van der Waals surface area contributed by atoms with Crippen molar-refractivity contribution in [3.05, 3.63) is 35.9 Å². The summed E-state index contributed by atoms with van der Waals surface area (Å²) < 4.78 is 5.01. The lowest BCUT2D eigenvalue weighted by atomic mass is 10.2. The number of alkyl carbamates (subject to hydrolysis) is 1. The Labute approximate surface area is 110 Å². The van der Waals surface area contributed by atoms with E-state index in [0.717, 1.165) is 5.56 Å². The van der Waals surface area contributed by atoms with Crippen LogP contribution in [0.5, 0.6) is 0 Å². The SMILES string of the molecule is O=C(N[C@H]1C[C@H](CO)NC1=O)OCc1ccccc1. The zero-order valence-corrected chi connectivity index (χ0v) is 10.3. The molecule has 2 atom stereocenters. The van der Waals surface area contributed by atoms with E-state index >= 15 is 0 Å². The lowest BCUT2D eigenvalue weighted by Gasteiger charge is -2.10. The average Bonchev–Trinajstić information content (AvgIpc) is 2.78. The highest BCUT2D eigenvalue weighted by molar-refractivity contribution is 5.87. The summed E-state index contributed by atoms with van der Waals surface area (Å²) in [5, 5.41) is 14.0. The Balaban J connectivity index is 1.77. The molecule has 1 aliphatic heterocycles. The van der Waals surface area contributed by atoms with Gasteiger partial charge in [-0.25, -0.2) is 4.79 Å². The van der Waals surface area contributed by atoms with Crippen LogP contribution in [0.3, 0.4) is 0 Å². The van der Waals surface area contributed by atoms with Crippen molar-refractivity contribution in [1.82, 2.24) is 10.6 Å². The highest BCUT2D eigenvalue weighted by Crippen LogP contribution is 2.08. The third-order valence-electron chi connectivity index (χ3n) is 2.91. The van der Waals surface area contributed by atoms with Gasteiger partial charge in [-0.2, -0.15) is 0 Å². The van der Waals surface area contributed by atoms with Crippen molar-refractivity contribution in [2.24, 2.45) is 0 Å². The number of aliphatic hydroxyl groups excluding tert-OH is 1. The number of ether oxygens (including phenoxy) is 1. The third kappa shape index (κ3) is 3.69. The summed E-state index contributed by atoms with van der Waals surface area (Å²) in [4.78, 5) is 23.0. The van der Waals surface area contributed by atoms with Gasteiger partial charge in [0.15, 0.2) is 0 Å². The van der Waals surface area contributed by atoms with Crippen LogP contribution < -0.4 is 10.6 Å². The minimum Gasteiger partial charge on any atom is -0.445 e. The molecule has 2 rings (SSSR count). The smallest absolute Gasteiger partial charge is 0.408 e. The first-order chi connectivity index (χ1) is 9.19. The van der Waals surface area contributed by atoms with Crippen molar-refractivity contribution >= 4 is 12.0 Å². The van der Waals surface area contributed by atoms with Gasteiger partial charge in [-0.05, 0) is 12.0 Å². The van der Waals surface area contributed by atoms with Gasteiger partial charge in [0, 0.05) is 0 Å². The fraction of sp³-hybridized carbons (Fsp3) is 0.385. The van der Waals surface area contributed by atoms with E-state index in [2.05, 4.69) is 10.6 Å². The Hall–Kier alpha value is -2.08. The Morgan fingerprint density at radius 3 is 2.79 bits per heavy atom. The number of carbonyl (C=O) groups is 2. The largest absolute Gasteiger partial charge is 0.445 e. The molecule has 0 aromatic heterocycles. The Kier molecular flexibility index (Phi) is 4.35. The first kappa shape index (κ1) is 13.4. The summed E-state index contributed by atoms with van der Waals surface area (Å²) in [6.07, 6.45) is -0.266. The number of aliphatic hydroxyl groups is 1. The van der Waals surface area contributed by atoms with Crippen molar-refractivity contribution < 1.29 is 19.4 Å². The summed E-state index contributed by atoms with van der Waals surface area (Å²) in [5.41, 5.74) is 0.877. The van der Waals surface area contributed by atoms with Crippen LogP contribution in [0.15, 0.2) is 30.3 Å². The molecule has 1 aromatic rings. The molecule has 1 heterocycles. The molecule has 6 nitrogen and oxygen atoms in total. The molecular formula is C13H16N2O4. The standard InChI is InChI=1S/C13H16N2O4/c16-7-10-6-11(12(17)14-10)15-13(18)19-8-9-4-2-1-3-5-9/h1-5,10-11,16H,6-8H2,(H,14,17)(H,15,18)/t10-,11+/m1/s1. The normalized spacial score (nSPS) is 21.8. The van der Waals surface area contributed by atoms with Crippen LogP contribution in [0.1, 0.15) is 12.0 Å². The summed E-state index contributed by atoms with van der Waals surface area (Å²) >= 11 is 0. The van der Waals surface area contributed by atoms with Crippen LogP contribution in [0.2, 0.25) is 0 Å². The molecule has 0 unspecified atom stereocenters. The molecule has 1 fully saturated rings. The highest BCUT2D eigenvalue weighted by atomic mass is 16.5. The Morgan fingerprint density at radius 2 is 2.16 bits per heavy atom. The van der Waals surface area contributed by atoms with E-state index in [0.29, 0.717) is 6.42 Å². The predicted octanol–water partition coefficient (Wildman–Crippen LogP) is 0.162. The van der Waals surface area contributed by atoms with Crippen molar-refractivity contribution in [3.63, 3.8) is 0 Å². The zero-order chi connectivity index (χ0) is 13.7. The first-order valence-electron chi connectivity index (χ1n) is 6.07. The number of benzene rings is 1. The van der Waals surface area contributed by atoms with E-state index in [4.69, 9.17) is 9.84 Å². The molecule has 0 bridgehead atoms. The van der Waals surface area contributed by atoms with Gasteiger partial charge in [0.1, 0.15) is 12.6 Å². The molecule has 0 radical (unpaired) electrons. The molecule has 6 heteroatoms. The van der Waals surface area contributed by atoms with Crippen LogP contribution in [0, 0.1) is 0 Å². The van der Waals surface area contributed by atoms with E-state index in [9.17, 15) is 9.59 Å². The van der Waals surface area contributed by atoms with Crippen molar-refractivity contribution in [1.29, 1.82) is 0 Å². The molecular weight excluding hydrogens is 248 g/mol. The lowest BCUT2D eigenvalue weighted by Crippen LogP contribution is -2.40. The summed E-state index contributed by atoms with van der Waals surface area (Å²) in [6, 6.07) is 8.34. The first-order valence-corrected chi connectivity index (χ1v) is 6.07. The Bertz CT molecular complexity index is 449. The van der Waals surface area contributed by atoms with Gasteiger partial charge >= 0.3 is 6.09 Å².